The summed E-state index contributed by atoms with van der Waals surface area (Å²) in [6.45, 7) is 2.20. The van der Waals surface area contributed by atoms with Crippen molar-refractivity contribution in [3.63, 3.8) is 0 Å². The van der Waals surface area contributed by atoms with Crippen LogP contribution in [0.5, 0.6) is 0 Å². The number of carboxylic acids is 2. The summed E-state index contributed by atoms with van der Waals surface area (Å²) in [6.07, 6.45) is 1.12. The smallest absolute Gasteiger partial charge is 0.328 e. The van der Waals surface area contributed by atoms with Gasteiger partial charge in [0, 0.05) is 31.8 Å². The summed E-state index contributed by atoms with van der Waals surface area (Å²) in [5.74, 6) is -2.37. The third kappa shape index (κ3) is 12.8. The Morgan fingerprint density at radius 3 is 2.00 bits per heavy atom. The molecule has 0 saturated heterocycles. The highest BCUT2D eigenvalue weighted by Gasteiger charge is 2.12. The second-order valence-electron chi connectivity index (χ2n) is 5.20. The molecule has 0 radical (unpaired) electrons. The van der Waals surface area contributed by atoms with Crippen LogP contribution >= 0.6 is 0 Å². The average Bonchev–Trinajstić information content (AvgIpc) is 2.53. The molecule has 1 rings (SSSR count). The standard InChI is InChI=1S/C12H20N2O2S.C4H4O4/c1-14(2)10-8-13-9-11-17(15,16)12-6-4-3-5-7-12;5-3(6)1-2-4(7)8/h3-7,13H,8-11H2,1-2H3;1-2H,(H,5,6)(H,7,8). The van der Waals surface area contributed by atoms with Crippen LogP contribution in [0.4, 0.5) is 0 Å². The van der Waals surface area contributed by atoms with E-state index in [0.717, 1.165) is 13.1 Å². The molecular formula is C16H24N2O6S. The Hall–Kier alpha value is -2.23. The molecule has 1 aromatic rings. The van der Waals surface area contributed by atoms with Crippen LogP contribution in [-0.4, -0.2) is 75.0 Å². The molecule has 0 saturated carbocycles. The first kappa shape index (κ1) is 22.8. The van der Waals surface area contributed by atoms with E-state index in [-0.39, 0.29) is 5.75 Å². The molecule has 0 aromatic heterocycles. The average molecular weight is 372 g/mol. The van der Waals surface area contributed by atoms with Crippen molar-refractivity contribution >= 4 is 21.8 Å². The van der Waals surface area contributed by atoms with Gasteiger partial charge < -0.3 is 20.4 Å². The molecule has 0 atom stereocenters. The van der Waals surface area contributed by atoms with Crippen LogP contribution in [-0.2, 0) is 19.4 Å². The Labute approximate surface area is 147 Å². The van der Waals surface area contributed by atoms with Gasteiger partial charge >= 0.3 is 11.9 Å². The zero-order chi connectivity index (χ0) is 19.3. The Morgan fingerprint density at radius 1 is 1.04 bits per heavy atom. The molecule has 0 bridgehead atoms. The predicted molar refractivity (Wildman–Crippen MR) is 94.3 cm³/mol. The van der Waals surface area contributed by atoms with Gasteiger partial charge in [-0.05, 0) is 26.2 Å². The van der Waals surface area contributed by atoms with E-state index < -0.39 is 21.8 Å². The lowest BCUT2D eigenvalue weighted by Crippen LogP contribution is -2.30. The van der Waals surface area contributed by atoms with Gasteiger partial charge in [0.1, 0.15) is 0 Å². The Balaban J connectivity index is 0.000000609. The molecule has 0 aliphatic carbocycles. The summed E-state index contributed by atoms with van der Waals surface area (Å²) in [5.41, 5.74) is 0. The Morgan fingerprint density at radius 2 is 1.56 bits per heavy atom. The van der Waals surface area contributed by atoms with Gasteiger partial charge in [0.25, 0.3) is 0 Å². The van der Waals surface area contributed by atoms with E-state index >= 15 is 0 Å². The van der Waals surface area contributed by atoms with Gasteiger partial charge in [0.05, 0.1) is 10.6 Å². The largest absolute Gasteiger partial charge is 0.478 e. The second kappa shape index (κ2) is 12.2. The van der Waals surface area contributed by atoms with Crippen LogP contribution in [0.3, 0.4) is 0 Å². The van der Waals surface area contributed by atoms with Crippen molar-refractivity contribution in [2.45, 2.75) is 4.90 Å². The van der Waals surface area contributed by atoms with E-state index in [9.17, 15) is 18.0 Å². The molecule has 0 amide bonds. The molecule has 3 N–H and O–H groups in total. The number of benzene rings is 1. The van der Waals surface area contributed by atoms with Crippen molar-refractivity contribution in [1.82, 2.24) is 10.2 Å². The van der Waals surface area contributed by atoms with Crippen molar-refractivity contribution < 1.29 is 28.2 Å². The monoisotopic (exact) mass is 372 g/mol. The number of sulfone groups is 1. The lowest BCUT2D eigenvalue weighted by atomic mass is 10.4. The van der Waals surface area contributed by atoms with Gasteiger partial charge in [0.2, 0.25) is 0 Å². The van der Waals surface area contributed by atoms with Gasteiger partial charge in [-0.15, -0.1) is 0 Å². The maximum atomic E-state index is 11.9. The molecule has 1 aromatic carbocycles. The maximum Gasteiger partial charge on any atom is 0.328 e. The van der Waals surface area contributed by atoms with Gasteiger partial charge in [-0.1, -0.05) is 18.2 Å². The summed E-state index contributed by atoms with van der Waals surface area (Å²) in [5, 5.41) is 18.7. The van der Waals surface area contributed by atoms with Gasteiger partial charge in [-0.3, -0.25) is 0 Å². The van der Waals surface area contributed by atoms with Crippen LogP contribution < -0.4 is 5.32 Å². The highest BCUT2D eigenvalue weighted by molar-refractivity contribution is 7.91. The number of hydrogen-bond acceptors (Lipinski definition) is 6. The minimum Gasteiger partial charge on any atom is -0.478 e. The molecule has 0 spiro atoms. The summed E-state index contributed by atoms with van der Waals surface area (Å²) in [4.78, 5) is 21.6. The molecule has 0 aliphatic rings. The number of carbonyl (C=O) groups is 2. The van der Waals surface area contributed by atoms with Crippen LogP contribution in [0.2, 0.25) is 0 Å². The number of nitrogens with zero attached hydrogens (tertiary/aromatic N) is 1. The quantitative estimate of drug-likeness (QED) is 0.418. The van der Waals surface area contributed by atoms with Gasteiger partial charge in [0.15, 0.2) is 9.84 Å². The van der Waals surface area contributed by atoms with E-state index in [2.05, 4.69) is 10.2 Å². The highest BCUT2D eigenvalue weighted by atomic mass is 32.2. The summed E-state index contributed by atoms with van der Waals surface area (Å²) in [7, 11) is 0.840. The van der Waals surface area contributed by atoms with E-state index in [0.29, 0.717) is 23.6 Å². The molecule has 0 fully saturated rings. The zero-order valence-electron chi connectivity index (χ0n) is 14.3. The van der Waals surface area contributed by atoms with Crippen molar-refractivity contribution in [3.8, 4) is 0 Å². The van der Waals surface area contributed by atoms with Crippen LogP contribution in [0.15, 0.2) is 47.4 Å². The predicted octanol–water partition coefficient (Wildman–Crippen LogP) is 0.323. The topological polar surface area (TPSA) is 124 Å². The van der Waals surface area contributed by atoms with Crippen molar-refractivity contribution in [3.05, 3.63) is 42.5 Å². The van der Waals surface area contributed by atoms with E-state index in [1.54, 1.807) is 24.3 Å². The lowest BCUT2D eigenvalue weighted by molar-refractivity contribution is -0.134. The van der Waals surface area contributed by atoms with Gasteiger partial charge in [-0.2, -0.15) is 0 Å². The molecule has 0 aliphatic heterocycles. The van der Waals surface area contributed by atoms with Crippen molar-refractivity contribution in [1.29, 1.82) is 0 Å². The third-order valence-electron chi connectivity index (χ3n) is 2.75. The second-order valence-corrected chi connectivity index (χ2v) is 7.30. The fourth-order valence-electron chi connectivity index (χ4n) is 1.52. The summed E-state index contributed by atoms with van der Waals surface area (Å²) >= 11 is 0. The fourth-order valence-corrected chi connectivity index (χ4v) is 2.74. The minimum absolute atomic E-state index is 0.143. The SMILES string of the molecule is CN(C)CCNCCS(=O)(=O)c1ccccc1.O=C(O)C=CC(=O)O. The van der Waals surface area contributed by atoms with Crippen LogP contribution in [0, 0.1) is 0 Å². The number of carboxylic acid groups (broad SMARTS) is 2. The van der Waals surface area contributed by atoms with E-state index in [1.807, 2.05) is 20.2 Å². The third-order valence-corrected chi connectivity index (χ3v) is 4.49. The van der Waals surface area contributed by atoms with Gasteiger partial charge in [-0.25, -0.2) is 18.0 Å². The molecule has 8 nitrogen and oxygen atoms in total. The van der Waals surface area contributed by atoms with Crippen molar-refractivity contribution in [2.24, 2.45) is 0 Å². The molecule has 140 valence electrons. The Bertz CT molecular complexity index is 640. The van der Waals surface area contributed by atoms with E-state index in [1.165, 1.54) is 0 Å². The first-order valence-corrected chi connectivity index (χ1v) is 9.07. The number of rotatable bonds is 9. The van der Waals surface area contributed by atoms with E-state index in [4.69, 9.17) is 10.2 Å². The van der Waals surface area contributed by atoms with Crippen LogP contribution in [0.1, 0.15) is 0 Å². The number of nitrogens with one attached hydrogen (secondary N) is 1. The minimum atomic E-state index is -3.14. The van der Waals surface area contributed by atoms with Crippen molar-refractivity contribution in [2.75, 3.05) is 39.5 Å². The zero-order valence-corrected chi connectivity index (χ0v) is 15.1. The number of aliphatic carboxylic acids is 2. The first-order valence-electron chi connectivity index (χ1n) is 7.42. The molecule has 25 heavy (non-hydrogen) atoms. The molecule has 9 heteroatoms. The fraction of sp³-hybridized carbons (Fsp3) is 0.375. The number of hydrogen-bond donors (Lipinski definition) is 3. The molecule has 0 heterocycles. The first-order chi connectivity index (χ1) is 11.6. The Kier molecular flexibility index (Phi) is 11.1. The lowest BCUT2D eigenvalue weighted by Gasteiger charge is -2.10. The maximum absolute atomic E-state index is 11.9. The normalized spacial score (nSPS) is 11.2. The molecular weight excluding hydrogens is 348 g/mol. The summed E-state index contributed by atoms with van der Waals surface area (Å²) < 4.78 is 23.8. The summed E-state index contributed by atoms with van der Waals surface area (Å²) in [6, 6.07) is 8.57. The van der Waals surface area contributed by atoms with Crippen LogP contribution in [0.25, 0.3) is 0 Å². The highest BCUT2D eigenvalue weighted by Crippen LogP contribution is 2.08. The number of likely N-dealkylation sites (N-methyl/N-ethyl adjacent to an activating group) is 1. The molecule has 0 unspecified atom stereocenters.